The molecule has 0 bridgehead atoms. The molecule has 0 aliphatic heterocycles. The highest BCUT2D eigenvalue weighted by Crippen LogP contribution is 2.22. The van der Waals surface area contributed by atoms with E-state index in [9.17, 15) is 18.0 Å². The van der Waals surface area contributed by atoms with E-state index >= 15 is 0 Å². The number of esters is 1. The minimum Gasteiger partial charge on any atom is -0.454 e. The third-order valence-corrected chi connectivity index (χ3v) is 4.88. The number of halogens is 1. The molecule has 27 heavy (non-hydrogen) atoms. The Morgan fingerprint density at radius 2 is 1.93 bits per heavy atom. The summed E-state index contributed by atoms with van der Waals surface area (Å²) in [5.41, 5.74) is 1.32. The Kier molecular flexibility index (Phi) is 6.75. The van der Waals surface area contributed by atoms with Crippen molar-refractivity contribution in [2.24, 2.45) is 0 Å². The third-order valence-electron chi connectivity index (χ3n) is 3.45. The van der Waals surface area contributed by atoms with Crippen molar-refractivity contribution in [3.05, 3.63) is 53.3 Å². The molecule has 0 saturated heterocycles. The van der Waals surface area contributed by atoms with E-state index in [0.717, 1.165) is 10.6 Å². The lowest BCUT2D eigenvalue weighted by Gasteiger charge is -2.23. The highest BCUT2D eigenvalue weighted by molar-refractivity contribution is 7.92. The topological polar surface area (TPSA) is 106 Å². The molecule has 0 aliphatic rings. The number of rotatable bonds is 7. The van der Waals surface area contributed by atoms with Crippen LogP contribution in [0.5, 0.6) is 0 Å². The molecular weight excluding hydrogens is 394 g/mol. The minimum absolute atomic E-state index is 0.0972. The van der Waals surface area contributed by atoms with Crippen molar-refractivity contribution >= 4 is 44.9 Å². The van der Waals surface area contributed by atoms with Gasteiger partial charge in [0, 0.05) is 6.20 Å². The number of sulfonamides is 1. The first-order chi connectivity index (χ1) is 12.7. The zero-order valence-electron chi connectivity index (χ0n) is 14.7. The Bertz CT molecular complexity index is 949. The summed E-state index contributed by atoms with van der Waals surface area (Å²) in [5, 5.41) is 2.54. The lowest BCUT2D eigenvalue weighted by atomic mass is 10.2. The van der Waals surface area contributed by atoms with Gasteiger partial charge in [0.1, 0.15) is 6.54 Å². The van der Waals surface area contributed by atoms with Gasteiger partial charge in [0.25, 0.3) is 5.91 Å². The van der Waals surface area contributed by atoms with Crippen molar-refractivity contribution < 1.29 is 22.7 Å². The standard InChI is InChI=1S/C17H18ClN3O5S/c1-12-6-3-4-8-14(12)21(27(2,24)25)10-16(23)26-11-15(22)20-13-7-5-9-19-17(13)18/h3-9H,10-11H2,1-2H3,(H,20,22). The van der Waals surface area contributed by atoms with Crippen LogP contribution in [0.2, 0.25) is 5.15 Å². The summed E-state index contributed by atoms with van der Waals surface area (Å²) >= 11 is 5.83. The fourth-order valence-corrected chi connectivity index (χ4v) is 3.27. The van der Waals surface area contributed by atoms with Crippen LogP contribution in [-0.2, 0) is 24.3 Å². The first kappa shape index (κ1) is 20.7. The molecule has 1 amide bonds. The quantitative estimate of drug-likeness (QED) is 0.551. The number of carbonyl (C=O) groups is 2. The van der Waals surface area contributed by atoms with Crippen LogP contribution in [0, 0.1) is 6.92 Å². The molecule has 10 heteroatoms. The van der Waals surface area contributed by atoms with Crippen LogP contribution in [0.4, 0.5) is 11.4 Å². The molecular formula is C17H18ClN3O5S. The fraction of sp³-hybridized carbons (Fsp3) is 0.235. The van der Waals surface area contributed by atoms with Crippen LogP contribution in [0.1, 0.15) is 5.56 Å². The van der Waals surface area contributed by atoms with E-state index in [1.54, 1.807) is 43.3 Å². The molecule has 0 unspecified atom stereocenters. The predicted molar refractivity (Wildman–Crippen MR) is 102 cm³/mol. The molecule has 0 spiro atoms. The molecule has 1 aromatic heterocycles. The molecule has 1 aromatic carbocycles. The summed E-state index contributed by atoms with van der Waals surface area (Å²) in [6.45, 7) is 0.587. The average molecular weight is 412 g/mol. The first-order valence-corrected chi connectivity index (χ1v) is 10.0. The highest BCUT2D eigenvalue weighted by Gasteiger charge is 2.23. The van der Waals surface area contributed by atoms with Crippen molar-refractivity contribution in [1.29, 1.82) is 0 Å². The molecule has 144 valence electrons. The number of hydrogen-bond donors (Lipinski definition) is 1. The smallest absolute Gasteiger partial charge is 0.327 e. The number of amides is 1. The number of ether oxygens (including phenoxy) is 1. The molecule has 8 nitrogen and oxygen atoms in total. The van der Waals surface area contributed by atoms with Crippen molar-refractivity contribution in [3.8, 4) is 0 Å². The molecule has 2 aromatic rings. The number of anilines is 2. The monoisotopic (exact) mass is 411 g/mol. The van der Waals surface area contributed by atoms with Gasteiger partial charge >= 0.3 is 5.97 Å². The Morgan fingerprint density at radius 3 is 2.56 bits per heavy atom. The second-order valence-electron chi connectivity index (χ2n) is 5.61. The molecule has 0 saturated carbocycles. The Hall–Kier alpha value is -2.65. The largest absolute Gasteiger partial charge is 0.454 e. The summed E-state index contributed by atoms with van der Waals surface area (Å²) in [5.74, 6) is -1.49. The van der Waals surface area contributed by atoms with Crippen LogP contribution in [0.25, 0.3) is 0 Å². The summed E-state index contributed by atoms with van der Waals surface area (Å²) in [7, 11) is -3.72. The van der Waals surface area contributed by atoms with Gasteiger partial charge in [-0.1, -0.05) is 29.8 Å². The summed E-state index contributed by atoms with van der Waals surface area (Å²) in [6, 6.07) is 9.85. The summed E-state index contributed by atoms with van der Waals surface area (Å²) < 4.78 is 29.9. The van der Waals surface area contributed by atoms with Gasteiger partial charge < -0.3 is 10.1 Å². The maximum absolute atomic E-state index is 12.1. The molecule has 2 rings (SSSR count). The Morgan fingerprint density at radius 1 is 1.22 bits per heavy atom. The minimum atomic E-state index is -3.72. The van der Waals surface area contributed by atoms with Crippen molar-refractivity contribution in [1.82, 2.24) is 4.98 Å². The summed E-state index contributed by atoms with van der Waals surface area (Å²) in [4.78, 5) is 27.7. The van der Waals surface area contributed by atoms with Gasteiger partial charge in [0.05, 0.1) is 17.6 Å². The zero-order valence-corrected chi connectivity index (χ0v) is 16.2. The van der Waals surface area contributed by atoms with Crippen LogP contribution in [0.15, 0.2) is 42.6 Å². The van der Waals surface area contributed by atoms with Crippen molar-refractivity contribution in [2.75, 3.05) is 29.0 Å². The number of benzene rings is 1. The lowest BCUT2D eigenvalue weighted by molar-refractivity contribution is -0.145. The van der Waals surface area contributed by atoms with E-state index in [2.05, 4.69) is 10.3 Å². The molecule has 0 fully saturated rings. The van der Waals surface area contributed by atoms with Gasteiger partial charge in [0.15, 0.2) is 11.8 Å². The summed E-state index contributed by atoms with van der Waals surface area (Å²) in [6.07, 6.45) is 2.45. The second kappa shape index (κ2) is 8.83. The van der Waals surface area contributed by atoms with Gasteiger partial charge in [0.2, 0.25) is 10.0 Å². The van der Waals surface area contributed by atoms with E-state index in [4.69, 9.17) is 16.3 Å². The fourth-order valence-electron chi connectivity index (χ4n) is 2.20. The number of para-hydroxylation sites is 1. The van der Waals surface area contributed by atoms with E-state index < -0.39 is 35.1 Å². The van der Waals surface area contributed by atoms with Crippen molar-refractivity contribution in [2.45, 2.75) is 6.92 Å². The highest BCUT2D eigenvalue weighted by atomic mass is 35.5. The Balaban J connectivity index is 1.99. The maximum Gasteiger partial charge on any atom is 0.327 e. The van der Waals surface area contributed by atoms with E-state index in [0.29, 0.717) is 11.3 Å². The van der Waals surface area contributed by atoms with Gasteiger partial charge in [-0.15, -0.1) is 0 Å². The SMILES string of the molecule is Cc1ccccc1N(CC(=O)OCC(=O)Nc1cccnc1Cl)S(C)(=O)=O. The number of pyridine rings is 1. The number of hydrogen-bond acceptors (Lipinski definition) is 6. The molecule has 1 heterocycles. The molecule has 0 aliphatic carbocycles. The lowest BCUT2D eigenvalue weighted by Crippen LogP contribution is -2.37. The molecule has 0 atom stereocenters. The van der Waals surface area contributed by atoms with Crippen molar-refractivity contribution in [3.63, 3.8) is 0 Å². The third kappa shape index (κ3) is 5.93. The van der Waals surface area contributed by atoms with Gasteiger partial charge in [-0.3, -0.25) is 13.9 Å². The second-order valence-corrected chi connectivity index (χ2v) is 7.87. The maximum atomic E-state index is 12.1. The molecule has 0 radical (unpaired) electrons. The van der Waals surface area contributed by atoms with Gasteiger partial charge in [-0.25, -0.2) is 13.4 Å². The Labute approximate surface area is 162 Å². The van der Waals surface area contributed by atoms with Crippen LogP contribution >= 0.6 is 11.6 Å². The normalized spacial score (nSPS) is 10.9. The van der Waals surface area contributed by atoms with Crippen LogP contribution in [0.3, 0.4) is 0 Å². The first-order valence-electron chi connectivity index (χ1n) is 7.78. The van der Waals surface area contributed by atoms with E-state index in [1.165, 1.54) is 6.20 Å². The van der Waals surface area contributed by atoms with Gasteiger partial charge in [-0.2, -0.15) is 0 Å². The number of aromatic nitrogens is 1. The van der Waals surface area contributed by atoms with E-state index in [-0.39, 0.29) is 10.8 Å². The average Bonchev–Trinajstić information content (AvgIpc) is 2.60. The number of carbonyl (C=O) groups excluding carboxylic acids is 2. The van der Waals surface area contributed by atoms with Gasteiger partial charge in [-0.05, 0) is 30.7 Å². The number of aryl methyl sites for hydroxylation is 1. The van der Waals surface area contributed by atoms with Crippen LogP contribution in [-0.4, -0.2) is 44.7 Å². The van der Waals surface area contributed by atoms with E-state index in [1.807, 2.05) is 0 Å². The number of nitrogens with zero attached hydrogens (tertiary/aromatic N) is 2. The zero-order chi connectivity index (χ0) is 20.0. The molecule has 1 N–H and O–H groups in total. The number of nitrogens with one attached hydrogen (secondary N) is 1. The predicted octanol–water partition coefficient (Wildman–Crippen LogP) is 1.99. The van der Waals surface area contributed by atoms with Crippen LogP contribution < -0.4 is 9.62 Å².